The summed E-state index contributed by atoms with van der Waals surface area (Å²) in [5, 5.41) is 12.2. The van der Waals surface area contributed by atoms with Gasteiger partial charge in [-0.3, -0.25) is 0 Å². The van der Waals surface area contributed by atoms with Crippen molar-refractivity contribution in [2.45, 2.75) is 33.1 Å². The minimum Gasteiger partial charge on any atom is -0.396 e. The van der Waals surface area contributed by atoms with Gasteiger partial charge in [-0.1, -0.05) is 13.8 Å². The molecule has 0 bridgehead atoms. The predicted octanol–water partition coefficient (Wildman–Crippen LogP) is 3.01. The van der Waals surface area contributed by atoms with Crippen molar-refractivity contribution < 1.29 is 14.3 Å². The van der Waals surface area contributed by atoms with E-state index in [9.17, 15) is 14.3 Å². The molecule has 1 saturated heterocycles. The summed E-state index contributed by atoms with van der Waals surface area (Å²) in [4.78, 5) is 14.0. The lowest BCUT2D eigenvalue weighted by Crippen LogP contribution is -2.45. The first-order chi connectivity index (χ1) is 9.97. The molecule has 0 unspecified atom stereocenters. The number of hydrogen-bond acceptors (Lipinski definition) is 2. The van der Waals surface area contributed by atoms with Crippen LogP contribution in [0.15, 0.2) is 18.2 Å². The van der Waals surface area contributed by atoms with Gasteiger partial charge in [0.15, 0.2) is 0 Å². The summed E-state index contributed by atoms with van der Waals surface area (Å²) in [5.74, 6) is -0.243. The van der Waals surface area contributed by atoms with Crippen molar-refractivity contribution in [1.82, 2.24) is 4.90 Å². The highest BCUT2D eigenvalue weighted by molar-refractivity contribution is 5.89. The lowest BCUT2D eigenvalue weighted by molar-refractivity contribution is 0.0728. The number of rotatable bonds is 3. The zero-order valence-electron chi connectivity index (χ0n) is 12.7. The Morgan fingerprint density at radius 2 is 2.10 bits per heavy atom. The van der Waals surface area contributed by atoms with Gasteiger partial charge in [0, 0.05) is 25.4 Å². The van der Waals surface area contributed by atoms with Crippen LogP contribution >= 0.6 is 0 Å². The Hall–Kier alpha value is -1.62. The molecule has 21 heavy (non-hydrogen) atoms. The molecule has 1 aromatic carbocycles. The second-order valence-corrected chi connectivity index (χ2v) is 6.05. The highest BCUT2D eigenvalue weighted by Gasteiger charge is 2.31. The lowest BCUT2D eigenvalue weighted by Gasteiger charge is -2.38. The molecule has 0 saturated carbocycles. The van der Waals surface area contributed by atoms with Gasteiger partial charge < -0.3 is 15.3 Å². The minimum atomic E-state index is -0.243. The molecule has 0 aromatic heterocycles. The third-order valence-electron chi connectivity index (χ3n) is 4.32. The van der Waals surface area contributed by atoms with E-state index < -0.39 is 0 Å². The van der Waals surface area contributed by atoms with E-state index in [4.69, 9.17) is 0 Å². The van der Waals surface area contributed by atoms with E-state index in [1.807, 2.05) is 13.8 Å². The molecule has 116 valence electrons. The number of amides is 2. The van der Waals surface area contributed by atoms with Gasteiger partial charge in [-0.25, -0.2) is 9.18 Å². The number of benzene rings is 1. The van der Waals surface area contributed by atoms with E-state index in [2.05, 4.69) is 5.32 Å². The van der Waals surface area contributed by atoms with Crippen LogP contribution in [0, 0.1) is 11.2 Å². The molecule has 2 amide bonds. The average molecular weight is 294 g/mol. The summed E-state index contributed by atoms with van der Waals surface area (Å²) < 4.78 is 13.4. The number of carbonyl (C=O) groups is 1. The Balaban J connectivity index is 1.96. The van der Waals surface area contributed by atoms with Gasteiger partial charge in [-0.05, 0) is 48.4 Å². The summed E-state index contributed by atoms with van der Waals surface area (Å²) in [7, 11) is 0. The zero-order valence-corrected chi connectivity index (χ0v) is 12.7. The topological polar surface area (TPSA) is 52.6 Å². The zero-order chi connectivity index (χ0) is 15.5. The fourth-order valence-corrected chi connectivity index (χ4v) is 2.53. The number of urea groups is 1. The first kappa shape index (κ1) is 15.8. The molecule has 1 aliphatic rings. The van der Waals surface area contributed by atoms with Gasteiger partial charge >= 0.3 is 6.03 Å². The summed E-state index contributed by atoms with van der Waals surface area (Å²) in [6.45, 7) is 5.33. The normalized spacial score (nSPS) is 17.6. The van der Waals surface area contributed by atoms with E-state index in [-0.39, 0.29) is 23.9 Å². The van der Waals surface area contributed by atoms with Crippen LogP contribution in [-0.2, 0) is 6.42 Å². The molecule has 0 aliphatic carbocycles. The first-order valence-electron chi connectivity index (χ1n) is 7.42. The third kappa shape index (κ3) is 3.73. The van der Waals surface area contributed by atoms with Crippen molar-refractivity contribution in [3.63, 3.8) is 0 Å². The highest BCUT2D eigenvalue weighted by Crippen LogP contribution is 2.30. The monoisotopic (exact) mass is 294 g/mol. The Morgan fingerprint density at radius 1 is 1.43 bits per heavy atom. The number of aliphatic hydroxyl groups is 1. The van der Waals surface area contributed by atoms with E-state index >= 15 is 0 Å². The Labute approximate surface area is 125 Å². The van der Waals surface area contributed by atoms with E-state index in [0.717, 1.165) is 12.8 Å². The summed E-state index contributed by atoms with van der Waals surface area (Å²) in [6.07, 6.45) is 2.18. The maximum absolute atomic E-state index is 13.4. The van der Waals surface area contributed by atoms with Crippen LogP contribution in [0.25, 0.3) is 0 Å². The number of nitrogens with zero attached hydrogens (tertiary/aromatic N) is 1. The van der Waals surface area contributed by atoms with Crippen molar-refractivity contribution in [2.75, 3.05) is 25.0 Å². The number of likely N-dealkylation sites (tertiary alicyclic amines) is 1. The van der Waals surface area contributed by atoms with Gasteiger partial charge in [0.2, 0.25) is 0 Å². The molecular weight excluding hydrogens is 271 g/mol. The van der Waals surface area contributed by atoms with Gasteiger partial charge in [0.1, 0.15) is 5.82 Å². The van der Waals surface area contributed by atoms with Gasteiger partial charge in [0.25, 0.3) is 0 Å². The Morgan fingerprint density at radius 3 is 2.67 bits per heavy atom. The number of piperidine rings is 1. The van der Waals surface area contributed by atoms with E-state index in [0.29, 0.717) is 30.8 Å². The van der Waals surface area contributed by atoms with E-state index in [1.165, 1.54) is 6.07 Å². The highest BCUT2D eigenvalue weighted by atomic mass is 19.1. The Bertz CT molecular complexity index is 511. The van der Waals surface area contributed by atoms with Crippen LogP contribution in [-0.4, -0.2) is 35.7 Å². The Kier molecular flexibility index (Phi) is 4.83. The molecule has 1 heterocycles. The number of aliphatic hydroxyl groups excluding tert-OH is 1. The van der Waals surface area contributed by atoms with E-state index in [1.54, 1.807) is 17.0 Å². The number of nitrogens with one attached hydrogen (secondary N) is 1. The second kappa shape index (κ2) is 6.43. The summed E-state index contributed by atoms with van der Waals surface area (Å²) in [6, 6.07) is 4.47. The molecule has 1 aliphatic heterocycles. The quantitative estimate of drug-likeness (QED) is 0.900. The van der Waals surface area contributed by atoms with Gasteiger partial charge in [-0.15, -0.1) is 0 Å². The van der Waals surface area contributed by atoms with Crippen LogP contribution in [0.3, 0.4) is 0 Å². The van der Waals surface area contributed by atoms with Gasteiger partial charge in [-0.2, -0.15) is 0 Å². The first-order valence-corrected chi connectivity index (χ1v) is 7.42. The van der Waals surface area contributed by atoms with Crippen LogP contribution in [0.1, 0.15) is 32.3 Å². The number of aryl methyl sites for hydroxylation is 1. The summed E-state index contributed by atoms with van der Waals surface area (Å²) in [5.41, 5.74) is 1.13. The number of hydrogen-bond donors (Lipinski definition) is 2. The van der Waals surface area contributed by atoms with Gasteiger partial charge in [0.05, 0.1) is 0 Å². The number of halogens is 1. The van der Waals surface area contributed by atoms with Crippen molar-refractivity contribution >= 4 is 11.7 Å². The third-order valence-corrected chi connectivity index (χ3v) is 4.32. The van der Waals surface area contributed by atoms with Crippen LogP contribution in [0.2, 0.25) is 0 Å². The molecular formula is C16H23FN2O2. The molecule has 1 aromatic rings. The number of anilines is 1. The molecule has 0 radical (unpaired) electrons. The van der Waals surface area contributed by atoms with Crippen molar-refractivity contribution in [3.05, 3.63) is 29.6 Å². The van der Waals surface area contributed by atoms with Crippen molar-refractivity contribution in [2.24, 2.45) is 5.41 Å². The molecule has 4 nitrogen and oxygen atoms in total. The molecule has 2 N–H and O–H groups in total. The van der Waals surface area contributed by atoms with Crippen LogP contribution in [0.4, 0.5) is 14.9 Å². The molecule has 5 heteroatoms. The molecule has 0 atom stereocenters. The van der Waals surface area contributed by atoms with Crippen LogP contribution < -0.4 is 5.32 Å². The molecule has 1 fully saturated rings. The second-order valence-electron chi connectivity index (χ2n) is 6.05. The smallest absolute Gasteiger partial charge is 0.321 e. The van der Waals surface area contributed by atoms with Crippen LogP contribution in [0.5, 0.6) is 0 Å². The molecule has 0 spiro atoms. The largest absolute Gasteiger partial charge is 0.396 e. The SMILES string of the molecule is CCc1cc(NC(=O)N2CCC(C)(CO)CC2)ccc1F. The van der Waals surface area contributed by atoms with Crippen molar-refractivity contribution in [1.29, 1.82) is 0 Å². The fraction of sp³-hybridized carbons (Fsp3) is 0.562. The number of carbonyl (C=O) groups excluding carboxylic acids is 1. The van der Waals surface area contributed by atoms with Crippen molar-refractivity contribution in [3.8, 4) is 0 Å². The minimum absolute atomic E-state index is 0.0813. The molecule has 2 rings (SSSR count). The maximum Gasteiger partial charge on any atom is 0.321 e. The average Bonchev–Trinajstić information content (AvgIpc) is 2.49. The predicted molar refractivity (Wildman–Crippen MR) is 80.8 cm³/mol. The fourth-order valence-electron chi connectivity index (χ4n) is 2.53. The lowest BCUT2D eigenvalue weighted by atomic mass is 9.81. The summed E-state index contributed by atoms with van der Waals surface area (Å²) >= 11 is 0. The standard InChI is InChI=1S/C16H23FN2O2/c1-3-12-10-13(4-5-14(12)17)18-15(21)19-8-6-16(2,11-20)7-9-19/h4-5,10,20H,3,6-9,11H2,1-2H3,(H,18,21). The maximum atomic E-state index is 13.4.